The zero-order chi connectivity index (χ0) is 16.7. The number of thiophene rings is 1. The van der Waals surface area contributed by atoms with E-state index >= 15 is 0 Å². The van der Waals surface area contributed by atoms with Gasteiger partial charge in [-0.05, 0) is 29.7 Å². The maximum atomic E-state index is 12.8. The zero-order valence-electron chi connectivity index (χ0n) is 12.8. The fourth-order valence-electron chi connectivity index (χ4n) is 3.07. The van der Waals surface area contributed by atoms with Crippen molar-refractivity contribution in [1.82, 2.24) is 4.90 Å². The van der Waals surface area contributed by atoms with Gasteiger partial charge in [0, 0.05) is 35.3 Å². The molecule has 1 aliphatic rings. The van der Waals surface area contributed by atoms with Gasteiger partial charge in [-0.2, -0.15) is 0 Å². The summed E-state index contributed by atoms with van der Waals surface area (Å²) in [6.07, 6.45) is 0.859. The van der Waals surface area contributed by atoms with Crippen LogP contribution in [0.1, 0.15) is 20.8 Å². The Balaban J connectivity index is 1.63. The Morgan fingerprint density at radius 1 is 1.12 bits per heavy atom. The molecule has 0 N–H and O–H groups in total. The number of amides is 1. The highest BCUT2D eigenvalue weighted by molar-refractivity contribution is 7.20. The van der Waals surface area contributed by atoms with Crippen LogP contribution in [0.25, 0.3) is 10.1 Å². The molecule has 3 aromatic rings. The normalized spacial score (nSPS) is 13.8. The number of rotatable bonds is 2. The number of carbonyl (C=O) groups excluding carboxylic acids is 1. The second-order valence-electron chi connectivity index (χ2n) is 5.84. The van der Waals surface area contributed by atoms with E-state index in [0.29, 0.717) is 18.0 Å². The summed E-state index contributed by atoms with van der Waals surface area (Å²) < 4.78 is 0.890. The average Bonchev–Trinajstić information content (AvgIpc) is 3.03. The van der Waals surface area contributed by atoms with Gasteiger partial charge in [-0.25, -0.2) is 0 Å². The Morgan fingerprint density at radius 3 is 2.71 bits per heavy atom. The first-order chi connectivity index (χ1) is 11.6. The Hall–Kier alpha value is -2.73. The maximum absolute atomic E-state index is 12.8. The van der Waals surface area contributed by atoms with E-state index in [-0.39, 0.29) is 11.6 Å². The summed E-state index contributed by atoms with van der Waals surface area (Å²) in [5.74, 6) is -0.00615. The summed E-state index contributed by atoms with van der Waals surface area (Å²) in [5.41, 5.74) is 2.54. The van der Waals surface area contributed by atoms with Gasteiger partial charge < -0.3 is 4.90 Å². The lowest BCUT2D eigenvalue weighted by Crippen LogP contribution is -2.35. The number of non-ortho nitro benzene ring substituents is 1. The standard InChI is InChI=1S/C18H14N2O3S/c21-18(19-8-7-12-3-1-2-4-13(12)11-19)17-10-14-9-15(20(22)23)5-6-16(14)24-17/h1-6,9-10H,7-8,11H2. The van der Waals surface area contributed by atoms with E-state index in [2.05, 4.69) is 12.1 Å². The molecule has 0 saturated heterocycles. The monoisotopic (exact) mass is 338 g/mol. The number of hydrogen-bond donors (Lipinski definition) is 0. The van der Waals surface area contributed by atoms with Crippen LogP contribution in [-0.4, -0.2) is 22.3 Å². The molecule has 0 spiro atoms. The third kappa shape index (κ3) is 2.55. The van der Waals surface area contributed by atoms with Gasteiger partial charge in [0.25, 0.3) is 11.6 Å². The number of nitro benzene ring substituents is 1. The van der Waals surface area contributed by atoms with Crippen molar-refractivity contribution < 1.29 is 9.72 Å². The van der Waals surface area contributed by atoms with Gasteiger partial charge in [0.15, 0.2) is 0 Å². The van der Waals surface area contributed by atoms with Crippen molar-refractivity contribution in [3.8, 4) is 0 Å². The molecule has 2 aromatic carbocycles. The Labute approximate surface area is 142 Å². The minimum absolute atomic E-state index is 0.00615. The third-order valence-electron chi connectivity index (χ3n) is 4.34. The second kappa shape index (κ2) is 5.72. The molecule has 0 fully saturated rings. The van der Waals surface area contributed by atoms with E-state index in [9.17, 15) is 14.9 Å². The van der Waals surface area contributed by atoms with Crippen molar-refractivity contribution in [3.05, 3.63) is 74.6 Å². The summed E-state index contributed by atoms with van der Waals surface area (Å²) in [5, 5.41) is 11.6. The molecular weight excluding hydrogens is 324 g/mol. The molecule has 6 heteroatoms. The van der Waals surface area contributed by atoms with E-state index in [4.69, 9.17) is 0 Å². The van der Waals surface area contributed by atoms with Gasteiger partial charge in [-0.15, -0.1) is 11.3 Å². The summed E-state index contributed by atoms with van der Waals surface area (Å²) in [7, 11) is 0. The van der Waals surface area contributed by atoms with Gasteiger partial charge in [-0.1, -0.05) is 24.3 Å². The van der Waals surface area contributed by atoms with Crippen molar-refractivity contribution in [2.24, 2.45) is 0 Å². The number of hydrogen-bond acceptors (Lipinski definition) is 4. The zero-order valence-corrected chi connectivity index (χ0v) is 13.6. The minimum Gasteiger partial charge on any atom is -0.333 e. The van der Waals surface area contributed by atoms with Crippen molar-refractivity contribution in [2.45, 2.75) is 13.0 Å². The lowest BCUT2D eigenvalue weighted by molar-refractivity contribution is -0.384. The van der Waals surface area contributed by atoms with E-state index < -0.39 is 4.92 Å². The highest BCUT2D eigenvalue weighted by Crippen LogP contribution is 2.30. The molecule has 4 rings (SSSR count). The molecule has 0 unspecified atom stereocenters. The molecule has 1 amide bonds. The number of nitrogens with zero attached hydrogens (tertiary/aromatic N) is 2. The lowest BCUT2D eigenvalue weighted by atomic mass is 10.00. The van der Waals surface area contributed by atoms with Crippen LogP contribution >= 0.6 is 11.3 Å². The smallest absolute Gasteiger partial charge is 0.270 e. The molecule has 0 saturated carbocycles. The van der Waals surface area contributed by atoms with Crippen LogP contribution in [0.15, 0.2) is 48.5 Å². The fraction of sp³-hybridized carbons (Fsp3) is 0.167. The number of nitro groups is 1. The highest BCUT2D eigenvalue weighted by atomic mass is 32.1. The van der Waals surface area contributed by atoms with Crippen LogP contribution in [0, 0.1) is 10.1 Å². The topological polar surface area (TPSA) is 63.4 Å². The van der Waals surface area contributed by atoms with Crippen molar-refractivity contribution >= 4 is 33.0 Å². The van der Waals surface area contributed by atoms with Crippen molar-refractivity contribution in [2.75, 3.05) is 6.54 Å². The van der Waals surface area contributed by atoms with Gasteiger partial charge in [-0.3, -0.25) is 14.9 Å². The highest BCUT2D eigenvalue weighted by Gasteiger charge is 2.23. The first-order valence-electron chi connectivity index (χ1n) is 7.66. The van der Waals surface area contributed by atoms with E-state index in [0.717, 1.165) is 16.5 Å². The Bertz CT molecular complexity index is 964. The molecule has 0 bridgehead atoms. The quantitative estimate of drug-likeness (QED) is 0.524. The average molecular weight is 338 g/mol. The fourth-order valence-corrected chi connectivity index (χ4v) is 4.09. The molecule has 1 aliphatic heterocycles. The maximum Gasteiger partial charge on any atom is 0.270 e. The summed E-state index contributed by atoms with van der Waals surface area (Å²) in [6, 6.07) is 14.6. The molecule has 0 atom stereocenters. The summed E-state index contributed by atoms with van der Waals surface area (Å²) in [6.45, 7) is 1.31. The van der Waals surface area contributed by atoms with E-state index in [1.165, 1.54) is 34.6 Å². The van der Waals surface area contributed by atoms with Crippen LogP contribution in [0.4, 0.5) is 5.69 Å². The van der Waals surface area contributed by atoms with Crippen molar-refractivity contribution in [3.63, 3.8) is 0 Å². The van der Waals surface area contributed by atoms with Crippen LogP contribution < -0.4 is 0 Å². The largest absolute Gasteiger partial charge is 0.333 e. The van der Waals surface area contributed by atoms with E-state index in [1.54, 1.807) is 12.1 Å². The summed E-state index contributed by atoms with van der Waals surface area (Å²) in [4.78, 5) is 25.7. The Morgan fingerprint density at radius 2 is 1.92 bits per heavy atom. The molecule has 1 aromatic heterocycles. The van der Waals surface area contributed by atoms with Crippen molar-refractivity contribution in [1.29, 1.82) is 0 Å². The number of carbonyl (C=O) groups is 1. The molecular formula is C18H14N2O3S. The molecule has 0 aliphatic carbocycles. The molecule has 120 valence electrons. The lowest BCUT2D eigenvalue weighted by Gasteiger charge is -2.28. The third-order valence-corrected chi connectivity index (χ3v) is 5.44. The molecule has 24 heavy (non-hydrogen) atoms. The van der Waals surface area contributed by atoms with Gasteiger partial charge in [0.1, 0.15) is 0 Å². The van der Waals surface area contributed by atoms with Crippen LogP contribution in [0.3, 0.4) is 0 Å². The van der Waals surface area contributed by atoms with E-state index in [1.807, 2.05) is 17.0 Å². The van der Waals surface area contributed by atoms with Crippen LogP contribution in [0.5, 0.6) is 0 Å². The number of benzene rings is 2. The van der Waals surface area contributed by atoms with Gasteiger partial charge >= 0.3 is 0 Å². The second-order valence-corrected chi connectivity index (χ2v) is 6.92. The first-order valence-corrected chi connectivity index (χ1v) is 8.47. The van der Waals surface area contributed by atoms with Gasteiger partial charge in [0.2, 0.25) is 0 Å². The SMILES string of the molecule is O=C(c1cc2cc([N+](=O)[O-])ccc2s1)N1CCc2ccccc2C1. The van der Waals surface area contributed by atoms with Crippen LogP contribution in [0.2, 0.25) is 0 Å². The minimum atomic E-state index is -0.416. The van der Waals surface area contributed by atoms with Gasteiger partial charge in [0.05, 0.1) is 9.80 Å². The molecule has 5 nitrogen and oxygen atoms in total. The molecule has 0 radical (unpaired) electrons. The van der Waals surface area contributed by atoms with Crippen LogP contribution in [-0.2, 0) is 13.0 Å². The molecule has 2 heterocycles. The predicted molar refractivity (Wildman–Crippen MR) is 93.4 cm³/mol. The summed E-state index contributed by atoms with van der Waals surface area (Å²) >= 11 is 1.39. The first kappa shape index (κ1) is 14.8. The predicted octanol–water partition coefficient (Wildman–Crippen LogP) is 4.01. The number of fused-ring (bicyclic) bond motifs is 2. The Kier molecular flexibility index (Phi) is 3.54.